The number of carbonyl (C=O) groups is 2. The average molecular weight is 383 g/mol. The molecule has 0 fully saturated rings. The number of anilines is 1. The minimum absolute atomic E-state index is 0.0375. The van der Waals surface area contributed by atoms with Gasteiger partial charge in [0.15, 0.2) is 0 Å². The number of hydrogen-bond donors (Lipinski definition) is 3. The van der Waals surface area contributed by atoms with Crippen LogP contribution in [0.25, 0.3) is 0 Å². The fraction of sp³-hybridized carbons (Fsp3) is 0.353. The van der Waals surface area contributed by atoms with Crippen LogP contribution in [-0.2, 0) is 11.3 Å². The number of hydrogen-bond acceptors (Lipinski definition) is 3. The molecule has 2 aromatic rings. The van der Waals surface area contributed by atoms with Crippen LogP contribution in [0.1, 0.15) is 32.3 Å². The zero-order chi connectivity index (χ0) is 19.3. The van der Waals surface area contributed by atoms with Gasteiger partial charge < -0.3 is 10.4 Å². The second-order valence-corrected chi connectivity index (χ2v) is 6.89. The number of carbonyl (C=O) groups excluding carboxylic acids is 1. The summed E-state index contributed by atoms with van der Waals surface area (Å²) in [7, 11) is 0. The molecule has 0 saturated carbocycles. The SMILES string of the molecule is CC(C)(CCC(=O)O)NC(=O)Nc1ccnn1Cc1ccc(Cl)c(F)c1. The van der Waals surface area contributed by atoms with Gasteiger partial charge in [0.05, 0.1) is 17.8 Å². The lowest BCUT2D eigenvalue weighted by atomic mass is 9.99. The third-order valence-corrected chi connectivity index (χ3v) is 4.00. The number of carboxylic acid groups (broad SMARTS) is 1. The predicted octanol–water partition coefficient (Wildman–Crippen LogP) is 3.49. The number of nitrogens with one attached hydrogen (secondary N) is 2. The van der Waals surface area contributed by atoms with Crippen molar-refractivity contribution >= 4 is 29.4 Å². The zero-order valence-electron chi connectivity index (χ0n) is 14.4. The molecule has 1 heterocycles. The molecule has 0 aliphatic rings. The quantitative estimate of drug-likeness (QED) is 0.683. The minimum Gasteiger partial charge on any atom is -0.481 e. The summed E-state index contributed by atoms with van der Waals surface area (Å²) in [5.74, 6) is -1.02. The highest BCUT2D eigenvalue weighted by molar-refractivity contribution is 6.30. The third kappa shape index (κ3) is 5.73. The molecule has 1 aromatic heterocycles. The highest BCUT2D eigenvalue weighted by atomic mass is 35.5. The van der Waals surface area contributed by atoms with E-state index >= 15 is 0 Å². The molecular formula is C17H20ClFN4O3. The first kappa shape index (κ1) is 19.7. The van der Waals surface area contributed by atoms with E-state index in [1.165, 1.54) is 23.0 Å². The van der Waals surface area contributed by atoms with E-state index < -0.39 is 23.4 Å². The van der Waals surface area contributed by atoms with E-state index in [1.807, 2.05) is 0 Å². The summed E-state index contributed by atoms with van der Waals surface area (Å²) in [6, 6.07) is 5.57. The number of benzene rings is 1. The van der Waals surface area contributed by atoms with Gasteiger partial charge in [-0.05, 0) is 38.0 Å². The van der Waals surface area contributed by atoms with E-state index in [0.717, 1.165) is 0 Å². The van der Waals surface area contributed by atoms with E-state index in [1.54, 1.807) is 26.0 Å². The first-order chi connectivity index (χ1) is 12.2. The summed E-state index contributed by atoms with van der Waals surface area (Å²) in [6.45, 7) is 3.73. The second-order valence-electron chi connectivity index (χ2n) is 6.48. The molecule has 0 bridgehead atoms. The van der Waals surface area contributed by atoms with Gasteiger partial charge in [0.25, 0.3) is 0 Å². The minimum atomic E-state index is -0.923. The Balaban J connectivity index is 2.00. The normalized spacial score (nSPS) is 11.2. The monoisotopic (exact) mass is 382 g/mol. The van der Waals surface area contributed by atoms with Crippen molar-refractivity contribution in [2.45, 2.75) is 38.8 Å². The van der Waals surface area contributed by atoms with Gasteiger partial charge in [-0.3, -0.25) is 10.1 Å². The third-order valence-electron chi connectivity index (χ3n) is 3.69. The highest BCUT2D eigenvalue weighted by Gasteiger charge is 2.22. The predicted molar refractivity (Wildman–Crippen MR) is 95.8 cm³/mol. The Morgan fingerprint density at radius 3 is 2.73 bits per heavy atom. The zero-order valence-corrected chi connectivity index (χ0v) is 15.2. The van der Waals surface area contributed by atoms with Crippen molar-refractivity contribution in [3.63, 3.8) is 0 Å². The maximum Gasteiger partial charge on any atom is 0.320 e. The van der Waals surface area contributed by atoms with Gasteiger partial charge in [0, 0.05) is 18.0 Å². The maximum atomic E-state index is 13.6. The fourth-order valence-corrected chi connectivity index (χ4v) is 2.43. The Labute approximate surface area is 155 Å². The van der Waals surface area contributed by atoms with Crippen molar-refractivity contribution in [1.82, 2.24) is 15.1 Å². The smallest absolute Gasteiger partial charge is 0.320 e. The lowest BCUT2D eigenvalue weighted by molar-refractivity contribution is -0.137. The van der Waals surface area contributed by atoms with E-state index in [2.05, 4.69) is 15.7 Å². The Kier molecular flexibility index (Phi) is 6.20. The first-order valence-corrected chi connectivity index (χ1v) is 8.31. The Bertz CT molecular complexity index is 807. The van der Waals surface area contributed by atoms with Gasteiger partial charge in [0.2, 0.25) is 0 Å². The number of rotatable bonds is 7. The van der Waals surface area contributed by atoms with Gasteiger partial charge in [-0.1, -0.05) is 17.7 Å². The van der Waals surface area contributed by atoms with E-state index in [9.17, 15) is 14.0 Å². The van der Waals surface area contributed by atoms with Crippen molar-refractivity contribution in [2.24, 2.45) is 0 Å². The van der Waals surface area contributed by atoms with Crippen LogP contribution >= 0.6 is 11.6 Å². The molecule has 3 N–H and O–H groups in total. The van der Waals surface area contributed by atoms with E-state index in [4.69, 9.17) is 16.7 Å². The molecule has 140 valence electrons. The van der Waals surface area contributed by atoms with Crippen molar-refractivity contribution in [3.8, 4) is 0 Å². The summed E-state index contributed by atoms with van der Waals surface area (Å²) in [5, 5.41) is 18.3. The summed E-state index contributed by atoms with van der Waals surface area (Å²) >= 11 is 5.67. The van der Waals surface area contributed by atoms with E-state index in [-0.39, 0.29) is 18.0 Å². The molecule has 0 unspecified atom stereocenters. The summed E-state index contributed by atoms with van der Waals surface area (Å²) in [5.41, 5.74) is -0.0482. The molecule has 1 aromatic carbocycles. The van der Waals surface area contributed by atoms with Crippen LogP contribution in [0.3, 0.4) is 0 Å². The number of carboxylic acids is 1. The summed E-state index contributed by atoms with van der Waals surface area (Å²) in [4.78, 5) is 22.9. The molecule has 2 amide bonds. The van der Waals surface area contributed by atoms with Crippen LogP contribution < -0.4 is 10.6 Å². The molecule has 2 rings (SSSR count). The van der Waals surface area contributed by atoms with Crippen molar-refractivity contribution < 1.29 is 19.1 Å². The number of amides is 2. The standard InChI is InChI=1S/C17H20ClFN4O3/c1-17(2,7-5-15(24)25)22-16(26)21-14-6-8-20-23(14)10-11-3-4-12(18)13(19)9-11/h3-4,6,8-9H,5,7,10H2,1-2H3,(H,24,25)(H2,21,22,26). The molecule has 0 radical (unpaired) electrons. The molecule has 0 atom stereocenters. The van der Waals surface area contributed by atoms with Crippen LogP contribution in [0.5, 0.6) is 0 Å². The lowest BCUT2D eigenvalue weighted by Gasteiger charge is -2.25. The number of aliphatic carboxylic acids is 1. The van der Waals surface area contributed by atoms with Gasteiger partial charge >= 0.3 is 12.0 Å². The molecule has 0 spiro atoms. The molecule has 7 nitrogen and oxygen atoms in total. The van der Waals surface area contributed by atoms with Gasteiger partial charge in [-0.2, -0.15) is 5.10 Å². The maximum absolute atomic E-state index is 13.6. The van der Waals surface area contributed by atoms with Crippen molar-refractivity contribution in [1.29, 1.82) is 0 Å². The van der Waals surface area contributed by atoms with Crippen LogP contribution in [0.4, 0.5) is 15.0 Å². The van der Waals surface area contributed by atoms with Crippen LogP contribution in [0.15, 0.2) is 30.5 Å². The summed E-state index contributed by atoms with van der Waals surface area (Å²) in [6.07, 6.45) is 1.75. The average Bonchev–Trinajstić information content (AvgIpc) is 2.95. The summed E-state index contributed by atoms with van der Waals surface area (Å²) < 4.78 is 15.1. The van der Waals surface area contributed by atoms with Gasteiger partial charge in [0.1, 0.15) is 11.6 Å². The number of halogens is 2. The molecule has 0 saturated heterocycles. The van der Waals surface area contributed by atoms with Gasteiger partial charge in [-0.15, -0.1) is 0 Å². The largest absolute Gasteiger partial charge is 0.481 e. The molecule has 26 heavy (non-hydrogen) atoms. The van der Waals surface area contributed by atoms with Crippen molar-refractivity contribution in [3.05, 3.63) is 46.9 Å². The molecular weight excluding hydrogens is 363 g/mol. The Morgan fingerprint density at radius 1 is 1.35 bits per heavy atom. The van der Waals surface area contributed by atoms with Crippen molar-refractivity contribution in [2.75, 3.05) is 5.32 Å². The van der Waals surface area contributed by atoms with Crippen LogP contribution in [0, 0.1) is 5.82 Å². The Hall–Kier alpha value is -2.61. The number of urea groups is 1. The molecule has 0 aliphatic carbocycles. The molecule has 9 heteroatoms. The number of aromatic nitrogens is 2. The fourth-order valence-electron chi connectivity index (χ4n) is 2.31. The highest BCUT2D eigenvalue weighted by Crippen LogP contribution is 2.18. The van der Waals surface area contributed by atoms with Crippen LogP contribution in [-0.4, -0.2) is 32.4 Å². The molecule has 0 aliphatic heterocycles. The first-order valence-electron chi connectivity index (χ1n) is 7.93. The van der Waals surface area contributed by atoms with Gasteiger partial charge in [-0.25, -0.2) is 13.9 Å². The van der Waals surface area contributed by atoms with E-state index in [0.29, 0.717) is 17.8 Å². The topological polar surface area (TPSA) is 96.2 Å². The lowest BCUT2D eigenvalue weighted by Crippen LogP contribution is -2.46. The second kappa shape index (κ2) is 8.18. The number of nitrogens with zero attached hydrogens (tertiary/aromatic N) is 2. The Morgan fingerprint density at radius 2 is 2.08 bits per heavy atom. The van der Waals surface area contributed by atoms with Crippen LogP contribution in [0.2, 0.25) is 5.02 Å².